The number of aliphatic carboxylic acids is 1. The van der Waals surface area contributed by atoms with E-state index in [0.29, 0.717) is 6.42 Å². The molecule has 0 rings (SSSR count). The van der Waals surface area contributed by atoms with Crippen LogP contribution in [0, 0.1) is 12.3 Å². The van der Waals surface area contributed by atoms with Gasteiger partial charge in [0.25, 0.3) is 10.2 Å². The summed E-state index contributed by atoms with van der Waals surface area (Å²) in [6, 6.07) is -1.29. The molecule has 0 aromatic carbocycles. The Balaban J connectivity index is 4.40. The van der Waals surface area contributed by atoms with Crippen LogP contribution in [-0.2, 0) is 15.0 Å². The number of rotatable bonds is 7. The molecule has 6 nitrogen and oxygen atoms in total. The molecular weight excluding hydrogens is 220 g/mol. The Hall–Kier alpha value is -1.10. The fourth-order valence-corrected chi connectivity index (χ4v) is 1.88. The molecule has 0 saturated carbocycles. The number of carbonyl (C=O) groups is 1. The number of hydrogen-bond acceptors (Lipinski definition) is 3. The second kappa shape index (κ2) is 6.40. The predicted molar refractivity (Wildman–Crippen MR) is 55.2 cm³/mol. The van der Waals surface area contributed by atoms with Crippen molar-refractivity contribution in [2.75, 3.05) is 6.54 Å². The number of terminal acetylenes is 1. The molecule has 0 aromatic heterocycles. The smallest absolute Gasteiger partial charge is 0.322 e. The van der Waals surface area contributed by atoms with Crippen molar-refractivity contribution in [3.05, 3.63) is 0 Å². The van der Waals surface area contributed by atoms with Crippen molar-refractivity contribution in [3.63, 3.8) is 0 Å². The summed E-state index contributed by atoms with van der Waals surface area (Å²) in [5.41, 5.74) is 0. The summed E-state index contributed by atoms with van der Waals surface area (Å²) in [6.45, 7) is 2.04. The van der Waals surface area contributed by atoms with Crippen LogP contribution in [-0.4, -0.2) is 32.1 Å². The van der Waals surface area contributed by atoms with Gasteiger partial charge in [0.1, 0.15) is 6.04 Å². The standard InChI is InChI=1S/C8H14N2O4S/c1-3-5-7(8(11)12)10-15(13,14)9-6-4-2/h1,7,9-10H,4-6H2,2H3,(H,11,12). The molecule has 0 saturated heterocycles. The van der Waals surface area contributed by atoms with Crippen LogP contribution in [0.5, 0.6) is 0 Å². The summed E-state index contributed by atoms with van der Waals surface area (Å²) in [7, 11) is -3.79. The van der Waals surface area contributed by atoms with Gasteiger partial charge < -0.3 is 5.11 Å². The normalized spacial score (nSPS) is 13.1. The van der Waals surface area contributed by atoms with Gasteiger partial charge >= 0.3 is 5.97 Å². The SMILES string of the molecule is C#CCC(NS(=O)(=O)NCCC)C(=O)O. The van der Waals surface area contributed by atoms with Gasteiger partial charge in [0.15, 0.2) is 0 Å². The van der Waals surface area contributed by atoms with Crippen molar-refractivity contribution in [2.45, 2.75) is 25.8 Å². The molecule has 0 aliphatic carbocycles. The molecule has 0 fully saturated rings. The summed E-state index contributed by atoms with van der Waals surface area (Å²) in [4.78, 5) is 10.6. The molecule has 3 N–H and O–H groups in total. The van der Waals surface area contributed by atoms with E-state index in [1.165, 1.54) is 0 Å². The Labute approximate surface area is 89.2 Å². The Morgan fingerprint density at radius 2 is 2.20 bits per heavy atom. The van der Waals surface area contributed by atoms with Crippen LogP contribution in [0.25, 0.3) is 0 Å². The van der Waals surface area contributed by atoms with E-state index in [1.54, 1.807) is 6.92 Å². The third-order valence-electron chi connectivity index (χ3n) is 1.46. The molecule has 0 bridgehead atoms. The van der Waals surface area contributed by atoms with Gasteiger partial charge in [0, 0.05) is 13.0 Å². The van der Waals surface area contributed by atoms with Gasteiger partial charge in [-0.15, -0.1) is 12.3 Å². The molecule has 15 heavy (non-hydrogen) atoms. The molecule has 1 unspecified atom stereocenters. The third-order valence-corrected chi connectivity index (χ3v) is 2.64. The zero-order valence-electron chi connectivity index (χ0n) is 8.36. The zero-order valence-corrected chi connectivity index (χ0v) is 9.17. The van der Waals surface area contributed by atoms with Crippen LogP contribution < -0.4 is 9.44 Å². The maximum absolute atomic E-state index is 11.2. The topological polar surface area (TPSA) is 95.5 Å². The minimum absolute atomic E-state index is 0.192. The minimum atomic E-state index is -3.79. The van der Waals surface area contributed by atoms with Crippen LogP contribution in [0.1, 0.15) is 19.8 Å². The van der Waals surface area contributed by atoms with E-state index in [2.05, 4.69) is 10.6 Å². The first-order valence-corrected chi connectivity index (χ1v) is 5.84. The van der Waals surface area contributed by atoms with Gasteiger partial charge in [-0.1, -0.05) is 6.92 Å². The molecule has 0 heterocycles. The first kappa shape index (κ1) is 13.9. The van der Waals surface area contributed by atoms with Gasteiger partial charge in [-0.3, -0.25) is 4.79 Å². The Morgan fingerprint density at radius 3 is 2.60 bits per heavy atom. The number of carboxylic acids is 1. The Bertz CT molecular complexity index is 344. The van der Waals surface area contributed by atoms with Gasteiger partial charge in [-0.25, -0.2) is 4.72 Å². The van der Waals surface area contributed by atoms with Crippen LogP contribution >= 0.6 is 0 Å². The summed E-state index contributed by atoms with van der Waals surface area (Å²) in [5, 5.41) is 8.64. The van der Waals surface area contributed by atoms with E-state index in [1.807, 2.05) is 4.72 Å². The lowest BCUT2D eigenvalue weighted by molar-refractivity contribution is -0.138. The largest absolute Gasteiger partial charge is 0.480 e. The average molecular weight is 234 g/mol. The molecule has 0 spiro atoms. The molecule has 1 atom stereocenters. The van der Waals surface area contributed by atoms with E-state index in [9.17, 15) is 13.2 Å². The van der Waals surface area contributed by atoms with Gasteiger partial charge in [0.2, 0.25) is 0 Å². The van der Waals surface area contributed by atoms with E-state index >= 15 is 0 Å². The summed E-state index contributed by atoms with van der Waals surface area (Å²) < 4.78 is 26.6. The fraction of sp³-hybridized carbons (Fsp3) is 0.625. The van der Waals surface area contributed by atoms with Crippen molar-refractivity contribution in [3.8, 4) is 12.3 Å². The minimum Gasteiger partial charge on any atom is -0.480 e. The lowest BCUT2D eigenvalue weighted by atomic mass is 10.2. The van der Waals surface area contributed by atoms with E-state index in [0.717, 1.165) is 0 Å². The third kappa shape index (κ3) is 6.06. The van der Waals surface area contributed by atoms with Crippen LogP contribution in [0.4, 0.5) is 0 Å². The Morgan fingerprint density at radius 1 is 1.60 bits per heavy atom. The van der Waals surface area contributed by atoms with Gasteiger partial charge in [0.05, 0.1) is 0 Å². The highest BCUT2D eigenvalue weighted by Gasteiger charge is 2.22. The van der Waals surface area contributed by atoms with Crippen molar-refractivity contribution in [1.29, 1.82) is 0 Å². The van der Waals surface area contributed by atoms with E-state index < -0.39 is 22.2 Å². The predicted octanol–water partition coefficient (Wildman–Crippen LogP) is -0.703. The number of hydrogen-bond donors (Lipinski definition) is 3. The van der Waals surface area contributed by atoms with Crippen molar-refractivity contribution >= 4 is 16.2 Å². The highest BCUT2D eigenvalue weighted by Crippen LogP contribution is 1.93. The highest BCUT2D eigenvalue weighted by atomic mass is 32.2. The Kier molecular flexibility index (Phi) is 5.93. The van der Waals surface area contributed by atoms with Crippen molar-refractivity contribution < 1.29 is 18.3 Å². The monoisotopic (exact) mass is 234 g/mol. The fourth-order valence-electron chi connectivity index (χ4n) is 0.763. The quantitative estimate of drug-likeness (QED) is 0.507. The number of carboxylic acid groups (broad SMARTS) is 1. The average Bonchev–Trinajstić information content (AvgIpc) is 2.14. The molecule has 0 radical (unpaired) electrons. The molecule has 0 aromatic rings. The molecule has 0 aliphatic rings. The van der Waals surface area contributed by atoms with E-state index in [4.69, 9.17) is 11.5 Å². The summed E-state index contributed by atoms with van der Waals surface area (Å²) in [5.74, 6) is 0.796. The summed E-state index contributed by atoms with van der Waals surface area (Å²) in [6.07, 6.45) is 5.34. The molecule has 0 amide bonds. The molecule has 86 valence electrons. The second-order valence-electron chi connectivity index (χ2n) is 2.81. The zero-order chi connectivity index (χ0) is 11.9. The molecule has 0 aliphatic heterocycles. The first-order chi connectivity index (χ1) is 6.93. The van der Waals surface area contributed by atoms with Gasteiger partial charge in [-0.05, 0) is 6.42 Å². The van der Waals surface area contributed by atoms with Crippen LogP contribution in [0.2, 0.25) is 0 Å². The van der Waals surface area contributed by atoms with E-state index in [-0.39, 0.29) is 13.0 Å². The maximum atomic E-state index is 11.2. The first-order valence-electron chi connectivity index (χ1n) is 4.36. The second-order valence-corrected chi connectivity index (χ2v) is 4.35. The van der Waals surface area contributed by atoms with Crippen LogP contribution in [0.3, 0.4) is 0 Å². The summed E-state index contributed by atoms with van der Waals surface area (Å²) >= 11 is 0. The molecule has 7 heteroatoms. The van der Waals surface area contributed by atoms with Crippen molar-refractivity contribution in [1.82, 2.24) is 9.44 Å². The number of nitrogens with one attached hydrogen (secondary N) is 2. The lowest BCUT2D eigenvalue weighted by Crippen LogP contribution is -2.46. The van der Waals surface area contributed by atoms with Crippen molar-refractivity contribution in [2.24, 2.45) is 0 Å². The van der Waals surface area contributed by atoms with Crippen LogP contribution in [0.15, 0.2) is 0 Å². The highest BCUT2D eigenvalue weighted by molar-refractivity contribution is 7.87. The molecular formula is C8H14N2O4S. The lowest BCUT2D eigenvalue weighted by Gasteiger charge is -2.12. The van der Waals surface area contributed by atoms with Gasteiger partial charge in [-0.2, -0.15) is 13.1 Å². The maximum Gasteiger partial charge on any atom is 0.322 e.